The van der Waals surface area contributed by atoms with Gasteiger partial charge in [0.15, 0.2) is 0 Å². The topological polar surface area (TPSA) is 78.9 Å². The van der Waals surface area contributed by atoms with Crippen molar-refractivity contribution in [3.05, 3.63) is 35.9 Å². The van der Waals surface area contributed by atoms with E-state index in [1.165, 1.54) is 4.90 Å². The van der Waals surface area contributed by atoms with Crippen LogP contribution in [0.2, 0.25) is 0 Å². The zero-order valence-electron chi connectivity index (χ0n) is 16.3. The Morgan fingerprint density at radius 1 is 1.31 bits per heavy atom. The van der Waals surface area contributed by atoms with E-state index in [1.54, 1.807) is 27.7 Å². The van der Waals surface area contributed by atoms with Gasteiger partial charge < -0.3 is 20.1 Å². The highest BCUT2D eigenvalue weighted by Crippen LogP contribution is 2.33. The Balaban J connectivity index is 2.12. The van der Waals surface area contributed by atoms with E-state index >= 15 is 0 Å². The number of aliphatic carboxylic acids is 1. The number of amides is 1. The van der Waals surface area contributed by atoms with Crippen LogP contribution in [0.15, 0.2) is 30.3 Å². The minimum atomic E-state index is -1.09. The van der Waals surface area contributed by atoms with Crippen molar-refractivity contribution < 1.29 is 19.4 Å². The fraction of sp³-hybridized carbons (Fsp3) is 0.600. The molecule has 6 heteroatoms. The highest BCUT2D eigenvalue weighted by Gasteiger charge is 2.48. The van der Waals surface area contributed by atoms with Gasteiger partial charge in [0, 0.05) is 25.2 Å². The molecule has 0 aromatic heterocycles. The van der Waals surface area contributed by atoms with Crippen molar-refractivity contribution in [2.75, 3.05) is 13.1 Å². The number of hydrogen-bond donors (Lipinski definition) is 2. The number of nitrogens with one attached hydrogen (secondary N) is 1. The first-order chi connectivity index (χ1) is 12.0. The fourth-order valence-electron chi connectivity index (χ4n) is 3.30. The number of carboxylic acids is 1. The van der Waals surface area contributed by atoms with Gasteiger partial charge in [0.1, 0.15) is 5.60 Å². The molecule has 26 heavy (non-hydrogen) atoms. The maximum absolute atomic E-state index is 12.4. The molecule has 1 saturated heterocycles. The second-order valence-corrected chi connectivity index (χ2v) is 8.26. The highest BCUT2D eigenvalue weighted by molar-refractivity contribution is 5.77. The van der Waals surface area contributed by atoms with Crippen molar-refractivity contribution in [3.8, 4) is 0 Å². The van der Waals surface area contributed by atoms with Crippen LogP contribution in [0, 0.1) is 5.41 Å². The van der Waals surface area contributed by atoms with E-state index in [4.69, 9.17) is 4.74 Å². The van der Waals surface area contributed by atoms with Crippen LogP contribution in [0.4, 0.5) is 4.79 Å². The summed E-state index contributed by atoms with van der Waals surface area (Å²) in [5.74, 6) is -0.913. The molecule has 1 aromatic rings. The lowest BCUT2D eigenvalue weighted by molar-refractivity contribution is -0.153. The molecule has 0 bridgehead atoms. The molecule has 0 saturated carbocycles. The molecule has 1 amide bonds. The van der Waals surface area contributed by atoms with Gasteiger partial charge in [-0.1, -0.05) is 30.3 Å². The number of benzene rings is 1. The molecule has 1 heterocycles. The minimum Gasteiger partial charge on any atom is -0.481 e. The average Bonchev–Trinajstić information content (AvgIpc) is 2.55. The van der Waals surface area contributed by atoms with Crippen LogP contribution in [-0.4, -0.2) is 46.8 Å². The Hall–Kier alpha value is -2.08. The number of likely N-dealkylation sites (tertiary alicyclic amines) is 1. The van der Waals surface area contributed by atoms with Crippen LogP contribution in [0.3, 0.4) is 0 Å². The average molecular weight is 362 g/mol. The quantitative estimate of drug-likeness (QED) is 0.858. The minimum absolute atomic E-state index is 0.0213. The van der Waals surface area contributed by atoms with Crippen molar-refractivity contribution in [1.82, 2.24) is 10.2 Å². The monoisotopic (exact) mass is 362 g/mol. The van der Waals surface area contributed by atoms with Crippen LogP contribution in [-0.2, 0) is 9.53 Å². The van der Waals surface area contributed by atoms with Gasteiger partial charge in [0.25, 0.3) is 0 Å². The first kappa shape index (κ1) is 20.2. The molecular weight excluding hydrogens is 332 g/mol. The third kappa shape index (κ3) is 4.75. The number of ether oxygens (including phenoxy) is 1. The predicted octanol–water partition coefficient (Wildman–Crippen LogP) is 3.44. The lowest BCUT2D eigenvalue weighted by Gasteiger charge is -2.44. The van der Waals surface area contributed by atoms with Gasteiger partial charge in [-0.15, -0.1) is 0 Å². The number of carboxylic acid groups (broad SMARTS) is 1. The SMILES string of the molecule is C[C@@H](N[C@@H]1CCN(C(=O)OC(C)(C)C)C[C@@]1(C)C(=O)O)c1ccccc1. The lowest BCUT2D eigenvalue weighted by Crippen LogP contribution is -2.60. The summed E-state index contributed by atoms with van der Waals surface area (Å²) in [6.07, 6.45) is 0.0960. The first-order valence-electron chi connectivity index (χ1n) is 9.05. The van der Waals surface area contributed by atoms with Crippen molar-refractivity contribution in [2.45, 2.75) is 58.7 Å². The summed E-state index contributed by atoms with van der Waals surface area (Å²) in [6.45, 7) is 9.72. The second kappa shape index (κ2) is 7.66. The van der Waals surface area contributed by atoms with Gasteiger partial charge in [-0.2, -0.15) is 0 Å². The summed E-state index contributed by atoms with van der Waals surface area (Å²) in [6, 6.07) is 9.71. The summed E-state index contributed by atoms with van der Waals surface area (Å²) >= 11 is 0. The summed E-state index contributed by atoms with van der Waals surface area (Å²) in [4.78, 5) is 25.9. The fourth-order valence-corrected chi connectivity index (χ4v) is 3.30. The molecule has 144 valence electrons. The molecule has 0 spiro atoms. The van der Waals surface area contributed by atoms with Crippen LogP contribution in [0.1, 0.15) is 52.6 Å². The van der Waals surface area contributed by atoms with Crippen molar-refractivity contribution in [1.29, 1.82) is 0 Å². The van der Waals surface area contributed by atoms with E-state index in [2.05, 4.69) is 5.32 Å². The van der Waals surface area contributed by atoms with Gasteiger partial charge >= 0.3 is 12.1 Å². The molecule has 1 aromatic carbocycles. The number of carbonyl (C=O) groups excluding carboxylic acids is 1. The Morgan fingerprint density at radius 3 is 2.46 bits per heavy atom. The molecule has 0 unspecified atom stereocenters. The third-order valence-electron chi connectivity index (χ3n) is 4.87. The molecule has 2 rings (SSSR count). The molecular formula is C20H30N2O4. The van der Waals surface area contributed by atoms with Gasteiger partial charge in [-0.3, -0.25) is 4.79 Å². The standard InChI is InChI=1S/C20H30N2O4/c1-14(15-9-7-6-8-10-15)21-16-11-12-22(13-20(16,5)17(23)24)18(25)26-19(2,3)4/h6-10,14,16,21H,11-13H2,1-5H3,(H,23,24)/t14-,16-,20-/m1/s1. The summed E-state index contributed by atoms with van der Waals surface area (Å²) < 4.78 is 5.41. The second-order valence-electron chi connectivity index (χ2n) is 8.26. The Bertz CT molecular complexity index is 641. The normalized spacial score (nSPS) is 24.8. The summed E-state index contributed by atoms with van der Waals surface area (Å²) in [5, 5.41) is 13.3. The molecule has 1 aliphatic rings. The van der Waals surface area contributed by atoms with E-state index in [0.29, 0.717) is 13.0 Å². The van der Waals surface area contributed by atoms with Crippen molar-refractivity contribution in [2.24, 2.45) is 5.41 Å². The third-order valence-corrected chi connectivity index (χ3v) is 4.87. The van der Waals surface area contributed by atoms with Crippen LogP contribution >= 0.6 is 0 Å². The molecule has 6 nitrogen and oxygen atoms in total. The highest BCUT2D eigenvalue weighted by atomic mass is 16.6. The summed E-state index contributed by atoms with van der Waals surface area (Å²) in [5.41, 5.74) is -0.582. The molecule has 0 radical (unpaired) electrons. The summed E-state index contributed by atoms with van der Waals surface area (Å²) in [7, 11) is 0. The molecule has 1 aliphatic heterocycles. The largest absolute Gasteiger partial charge is 0.481 e. The zero-order chi connectivity index (χ0) is 19.5. The van der Waals surface area contributed by atoms with Crippen LogP contribution in [0.5, 0.6) is 0 Å². The van der Waals surface area contributed by atoms with Gasteiger partial charge in [-0.05, 0) is 46.6 Å². The Kier molecular flexibility index (Phi) is 5.96. The lowest BCUT2D eigenvalue weighted by atomic mass is 9.76. The number of piperidine rings is 1. The Labute approximate surface area is 155 Å². The molecule has 2 N–H and O–H groups in total. The van der Waals surface area contributed by atoms with E-state index < -0.39 is 23.1 Å². The van der Waals surface area contributed by atoms with E-state index in [-0.39, 0.29) is 18.6 Å². The molecule has 3 atom stereocenters. The number of hydrogen-bond acceptors (Lipinski definition) is 4. The predicted molar refractivity (Wildman–Crippen MR) is 99.9 cm³/mol. The van der Waals surface area contributed by atoms with Crippen LogP contribution < -0.4 is 5.32 Å². The van der Waals surface area contributed by atoms with Crippen molar-refractivity contribution >= 4 is 12.1 Å². The molecule has 0 aliphatic carbocycles. The first-order valence-corrected chi connectivity index (χ1v) is 9.05. The molecule has 1 fully saturated rings. The number of nitrogens with zero attached hydrogens (tertiary/aromatic N) is 1. The van der Waals surface area contributed by atoms with Crippen LogP contribution in [0.25, 0.3) is 0 Å². The van der Waals surface area contributed by atoms with E-state index in [1.807, 2.05) is 37.3 Å². The number of rotatable bonds is 4. The van der Waals surface area contributed by atoms with Gasteiger partial charge in [0.05, 0.1) is 5.41 Å². The van der Waals surface area contributed by atoms with Gasteiger partial charge in [-0.25, -0.2) is 4.79 Å². The van der Waals surface area contributed by atoms with Crippen molar-refractivity contribution in [3.63, 3.8) is 0 Å². The smallest absolute Gasteiger partial charge is 0.410 e. The Morgan fingerprint density at radius 2 is 1.92 bits per heavy atom. The maximum Gasteiger partial charge on any atom is 0.410 e. The van der Waals surface area contributed by atoms with E-state index in [0.717, 1.165) is 5.56 Å². The van der Waals surface area contributed by atoms with Gasteiger partial charge in [0.2, 0.25) is 0 Å². The number of carbonyl (C=O) groups is 2. The maximum atomic E-state index is 12.4. The van der Waals surface area contributed by atoms with E-state index in [9.17, 15) is 14.7 Å². The zero-order valence-corrected chi connectivity index (χ0v) is 16.3.